The van der Waals surface area contributed by atoms with Gasteiger partial charge in [-0.25, -0.2) is 4.79 Å². The summed E-state index contributed by atoms with van der Waals surface area (Å²) in [5, 5.41) is 12.4. The molecule has 8 heteroatoms. The lowest BCUT2D eigenvalue weighted by molar-refractivity contribution is -0.142. The van der Waals surface area contributed by atoms with Crippen molar-refractivity contribution in [1.82, 2.24) is 4.57 Å². The van der Waals surface area contributed by atoms with Gasteiger partial charge in [0.05, 0.1) is 17.8 Å². The molecule has 168 valence electrons. The van der Waals surface area contributed by atoms with Crippen LogP contribution >= 0.6 is 11.6 Å². The number of nitrogens with one attached hydrogen (secondary N) is 1. The highest BCUT2D eigenvalue weighted by atomic mass is 35.5. The van der Waals surface area contributed by atoms with Gasteiger partial charge < -0.3 is 19.4 Å². The summed E-state index contributed by atoms with van der Waals surface area (Å²) in [5.74, 6) is -0.707. The zero-order valence-electron chi connectivity index (χ0n) is 18.4. The Morgan fingerprint density at radius 1 is 1.15 bits per heavy atom. The number of esters is 1. The number of carbonyl (C=O) groups excluding carboxylic acids is 2. The second kappa shape index (κ2) is 10.5. The molecular formula is C25H22ClN3O4. The molecule has 0 aliphatic heterocycles. The first-order chi connectivity index (χ1) is 15.8. The van der Waals surface area contributed by atoms with Gasteiger partial charge in [-0.2, -0.15) is 5.26 Å². The summed E-state index contributed by atoms with van der Waals surface area (Å²) >= 11 is 6.00. The van der Waals surface area contributed by atoms with E-state index in [0.29, 0.717) is 16.3 Å². The summed E-state index contributed by atoms with van der Waals surface area (Å²) in [4.78, 5) is 24.5. The molecule has 1 aromatic heterocycles. The molecule has 33 heavy (non-hydrogen) atoms. The number of carbonyl (C=O) groups is 2. The minimum atomic E-state index is -0.888. The molecule has 0 spiro atoms. The number of para-hydroxylation sites is 1. The van der Waals surface area contributed by atoms with Crippen LogP contribution in [0.25, 0.3) is 11.8 Å². The summed E-state index contributed by atoms with van der Waals surface area (Å²) < 4.78 is 12.2. The van der Waals surface area contributed by atoms with Gasteiger partial charge in [0.15, 0.2) is 6.61 Å². The van der Waals surface area contributed by atoms with Crippen molar-refractivity contribution in [3.63, 3.8) is 0 Å². The van der Waals surface area contributed by atoms with E-state index in [-0.39, 0.29) is 5.57 Å². The molecule has 2 aromatic carbocycles. The maximum Gasteiger partial charge on any atom is 0.349 e. The second-order valence-corrected chi connectivity index (χ2v) is 7.54. The number of ether oxygens (including phenoxy) is 2. The van der Waals surface area contributed by atoms with Crippen molar-refractivity contribution < 1.29 is 19.1 Å². The average Bonchev–Trinajstić information content (AvgIpc) is 3.10. The number of hydrogen-bond donors (Lipinski definition) is 1. The van der Waals surface area contributed by atoms with Crippen LogP contribution < -0.4 is 10.1 Å². The fourth-order valence-corrected chi connectivity index (χ4v) is 3.50. The molecule has 7 nitrogen and oxygen atoms in total. The SMILES string of the molecule is COc1ccc(-n2c(C)cc(/C=C(\C#N)C(=O)OCC(=O)Nc3ccccc3Cl)c2C)cc1. The third-order valence-electron chi connectivity index (χ3n) is 4.92. The molecule has 0 saturated carbocycles. The molecule has 0 aliphatic carbocycles. The topological polar surface area (TPSA) is 93.3 Å². The van der Waals surface area contributed by atoms with Crippen LogP contribution in [0.15, 0.2) is 60.2 Å². The number of aryl methyl sites for hydroxylation is 1. The van der Waals surface area contributed by atoms with Crippen molar-refractivity contribution in [1.29, 1.82) is 5.26 Å². The summed E-state index contributed by atoms with van der Waals surface area (Å²) in [5.41, 5.74) is 3.57. The first kappa shape index (κ1) is 23.6. The highest BCUT2D eigenvalue weighted by Crippen LogP contribution is 2.24. The van der Waals surface area contributed by atoms with Gasteiger partial charge in [-0.05, 0) is 68.0 Å². The second-order valence-electron chi connectivity index (χ2n) is 7.13. The number of methoxy groups -OCH3 is 1. The fraction of sp³-hybridized carbons (Fsp3) is 0.160. The van der Waals surface area contributed by atoms with E-state index in [4.69, 9.17) is 21.1 Å². The number of aromatic nitrogens is 1. The van der Waals surface area contributed by atoms with Crippen molar-refractivity contribution in [2.45, 2.75) is 13.8 Å². The summed E-state index contributed by atoms with van der Waals surface area (Å²) in [6, 6.07) is 18.0. The molecular weight excluding hydrogens is 442 g/mol. The maximum absolute atomic E-state index is 12.4. The molecule has 0 saturated heterocycles. The van der Waals surface area contributed by atoms with Crippen LogP contribution in [0.4, 0.5) is 5.69 Å². The zero-order chi connectivity index (χ0) is 24.0. The van der Waals surface area contributed by atoms with Gasteiger partial charge in [0.1, 0.15) is 17.4 Å². The molecule has 3 rings (SSSR count). The highest BCUT2D eigenvalue weighted by Gasteiger charge is 2.16. The zero-order valence-corrected chi connectivity index (χ0v) is 19.1. The first-order valence-electron chi connectivity index (χ1n) is 10.0. The van der Waals surface area contributed by atoms with Crippen molar-refractivity contribution >= 4 is 35.2 Å². The third-order valence-corrected chi connectivity index (χ3v) is 5.25. The summed E-state index contributed by atoms with van der Waals surface area (Å²) in [6.07, 6.45) is 1.46. The van der Waals surface area contributed by atoms with Crippen molar-refractivity contribution in [2.24, 2.45) is 0 Å². The number of rotatable bonds is 7. The van der Waals surface area contributed by atoms with Gasteiger partial charge >= 0.3 is 5.97 Å². The Kier molecular flexibility index (Phi) is 7.54. The molecule has 0 aliphatic rings. The number of anilines is 1. The van der Waals surface area contributed by atoms with Gasteiger partial charge in [0.2, 0.25) is 0 Å². The van der Waals surface area contributed by atoms with E-state index in [1.807, 2.05) is 54.8 Å². The van der Waals surface area contributed by atoms with Crippen LogP contribution in [0, 0.1) is 25.2 Å². The van der Waals surface area contributed by atoms with E-state index in [9.17, 15) is 14.9 Å². The van der Waals surface area contributed by atoms with Gasteiger partial charge in [0.25, 0.3) is 5.91 Å². The molecule has 0 radical (unpaired) electrons. The van der Waals surface area contributed by atoms with Gasteiger partial charge in [0, 0.05) is 17.1 Å². The van der Waals surface area contributed by atoms with E-state index >= 15 is 0 Å². The fourth-order valence-electron chi connectivity index (χ4n) is 3.31. The smallest absolute Gasteiger partial charge is 0.349 e. The Labute approximate surface area is 196 Å². The number of amides is 1. The first-order valence-corrected chi connectivity index (χ1v) is 10.4. The Hall–Kier alpha value is -4.02. The maximum atomic E-state index is 12.4. The Morgan fingerprint density at radius 2 is 1.85 bits per heavy atom. The minimum Gasteiger partial charge on any atom is -0.497 e. The quantitative estimate of drug-likeness (QED) is 0.307. The molecule has 1 amide bonds. The van der Waals surface area contributed by atoms with Gasteiger partial charge in [-0.3, -0.25) is 4.79 Å². The molecule has 1 N–H and O–H groups in total. The lowest BCUT2D eigenvalue weighted by Gasteiger charge is -2.10. The van der Waals surface area contributed by atoms with E-state index in [1.165, 1.54) is 6.08 Å². The Balaban J connectivity index is 1.73. The molecule has 0 unspecified atom stereocenters. The van der Waals surface area contributed by atoms with Crippen molar-refractivity contribution in [3.8, 4) is 17.5 Å². The predicted molar refractivity (Wildman–Crippen MR) is 126 cm³/mol. The number of benzene rings is 2. The molecule has 0 bridgehead atoms. The van der Waals surface area contributed by atoms with Crippen LogP contribution in [-0.2, 0) is 14.3 Å². The van der Waals surface area contributed by atoms with E-state index < -0.39 is 18.5 Å². The van der Waals surface area contributed by atoms with Gasteiger partial charge in [-0.1, -0.05) is 23.7 Å². The van der Waals surface area contributed by atoms with Crippen LogP contribution in [0.1, 0.15) is 17.0 Å². The normalized spacial score (nSPS) is 10.9. The lowest BCUT2D eigenvalue weighted by atomic mass is 10.1. The monoisotopic (exact) mass is 463 g/mol. The predicted octanol–water partition coefficient (Wildman–Crippen LogP) is 4.85. The average molecular weight is 464 g/mol. The van der Waals surface area contributed by atoms with E-state index in [2.05, 4.69) is 5.32 Å². The van der Waals surface area contributed by atoms with Crippen LogP contribution in [0.5, 0.6) is 5.75 Å². The van der Waals surface area contributed by atoms with Crippen molar-refractivity contribution in [3.05, 3.63) is 82.1 Å². The highest BCUT2D eigenvalue weighted by molar-refractivity contribution is 6.33. The third kappa shape index (κ3) is 5.62. The number of hydrogen-bond acceptors (Lipinski definition) is 5. The standard InChI is InChI=1S/C25H22ClN3O4/c1-16-12-18(17(2)29(16)20-8-10-21(32-3)11-9-20)13-19(14-27)25(31)33-15-24(30)28-23-7-5-4-6-22(23)26/h4-13H,15H2,1-3H3,(H,28,30)/b19-13+. The van der Waals surface area contributed by atoms with Gasteiger partial charge in [-0.15, -0.1) is 0 Å². The number of halogens is 1. The van der Waals surface area contributed by atoms with Crippen LogP contribution in [0.2, 0.25) is 5.02 Å². The number of nitriles is 1. The van der Waals surface area contributed by atoms with Crippen molar-refractivity contribution in [2.75, 3.05) is 19.0 Å². The summed E-state index contributed by atoms with van der Waals surface area (Å²) in [6.45, 7) is 3.27. The van der Waals surface area contributed by atoms with E-state index in [0.717, 1.165) is 22.8 Å². The summed E-state index contributed by atoms with van der Waals surface area (Å²) in [7, 11) is 1.60. The molecule has 0 fully saturated rings. The minimum absolute atomic E-state index is 0.212. The van der Waals surface area contributed by atoms with E-state index in [1.54, 1.807) is 31.4 Å². The molecule has 1 heterocycles. The molecule has 0 atom stereocenters. The Bertz CT molecular complexity index is 1250. The lowest BCUT2D eigenvalue weighted by Crippen LogP contribution is -2.21. The molecule has 3 aromatic rings. The largest absolute Gasteiger partial charge is 0.497 e. The Morgan fingerprint density at radius 3 is 2.48 bits per heavy atom. The van der Waals surface area contributed by atoms with Crippen LogP contribution in [0.3, 0.4) is 0 Å². The number of nitrogens with zero attached hydrogens (tertiary/aromatic N) is 2. The van der Waals surface area contributed by atoms with Crippen LogP contribution in [-0.4, -0.2) is 30.2 Å².